The minimum atomic E-state index is 0.372. The molecular formula is C56H39NO. The van der Waals surface area contributed by atoms with E-state index in [9.17, 15) is 0 Å². The zero-order chi connectivity index (χ0) is 38.4. The first-order valence-corrected chi connectivity index (χ1v) is 20.1. The van der Waals surface area contributed by atoms with Crippen molar-refractivity contribution in [3.05, 3.63) is 229 Å². The van der Waals surface area contributed by atoms with E-state index < -0.39 is 0 Å². The van der Waals surface area contributed by atoms with E-state index in [0.717, 1.165) is 46.0 Å². The molecule has 2 nitrogen and oxygen atoms in total. The summed E-state index contributed by atoms with van der Waals surface area (Å²) in [7, 11) is 0. The fraction of sp³-hybridized carbons (Fsp3) is 0.0357. The summed E-state index contributed by atoms with van der Waals surface area (Å²) in [4.78, 5) is 2.43. The van der Waals surface area contributed by atoms with E-state index in [2.05, 4.69) is 223 Å². The van der Waals surface area contributed by atoms with Gasteiger partial charge < -0.3 is 9.32 Å². The summed E-state index contributed by atoms with van der Waals surface area (Å²) >= 11 is 0. The predicted molar refractivity (Wildman–Crippen MR) is 244 cm³/mol. The summed E-state index contributed by atoms with van der Waals surface area (Å²) in [6.45, 7) is 0. The van der Waals surface area contributed by atoms with E-state index in [1.54, 1.807) is 0 Å². The van der Waals surface area contributed by atoms with Gasteiger partial charge in [-0.05, 0) is 116 Å². The maximum Gasteiger partial charge on any atom is 0.135 e. The van der Waals surface area contributed by atoms with Gasteiger partial charge in [0.05, 0.1) is 5.69 Å². The number of anilines is 3. The molecule has 1 atom stereocenters. The Bertz CT molecular complexity index is 3090. The molecule has 0 saturated heterocycles. The molecule has 2 aliphatic rings. The minimum Gasteiger partial charge on any atom is -0.456 e. The highest BCUT2D eigenvalue weighted by Gasteiger charge is 2.26. The summed E-state index contributed by atoms with van der Waals surface area (Å²) < 4.78 is 6.49. The van der Waals surface area contributed by atoms with Gasteiger partial charge in [-0.2, -0.15) is 0 Å². The van der Waals surface area contributed by atoms with Gasteiger partial charge in [-0.25, -0.2) is 0 Å². The number of benzene rings is 8. The number of hydrogen-bond acceptors (Lipinski definition) is 2. The molecule has 0 amide bonds. The van der Waals surface area contributed by atoms with Crippen molar-refractivity contribution >= 4 is 44.9 Å². The first-order chi connectivity index (χ1) is 28.7. The quantitative estimate of drug-likeness (QED) is 0.162. The molecule has 0 bridgehead atoms. The van der Waals surface area contributed by atoms with Crippen LogP contribution in [-0.2, 0) is 6.42 Å². The van der Waals surface area contributed by atoms with E-state index in [0.29, 0.717) is 5.92 Å². The summed E-state index contributed by atoms with van der Waals surface area (Å²) in [5.41, 5.74) is 16.2. The summed E-state index contributed by atoms with van der Waals surface area (Å²) in [5, 5.41) is 3.66. The van der Waals surface area contributed by atoms with Crippen LogP contribution < -0.4 is 4.90 Å². The lowest BCUT2D eigenvalue weighted by molar-refractivity contribution is 0.586. The number of nitrogens with zero attached hydrogens (tertiary/aromatic N) is 1. The van der Waals surface area contributed by atoms with E-state index in [1.807, 2.05) is 0 Å². The fourth-order valence-electron chi connectivity index (χ4n) is 8.90. The molecule has 0 N–H and O–H groups in total. The molecule has 0 spiro atoms. The first-order valence-electron chi connectivity index (χ1n) is 20.1. The van der Waals surface area contributed by atoms with Crippen LogP contribution in [0.4, 0.5) is 17.1 Å². The average molecular weight is 742 g/mol. The zero-order valence-electron chi connectivity index (χ0n) is 31.9. The summed E-state index contributed by atoms with van der Waals surface area (Å²) in [6.07, 6.45) is 12.0. The molecule has 1 aromatic heterocycles. The average Bonchev–Trinajstić information content (AvgIpc) is 3.65. The lowest BCUT2D eigenvalue weighted by Crippen LogP contribution is -2.12. The Morgan fingerprint density at radius 1 is 0.466 bits per heavy atom. The van der Waals surface area contributed by atoms with Crippen molar-refractivity contribution in [1.82, 2.24) is 0 Å². The second-order valence-electron chi connectivity index (χ2n) is 15.3. The molecule has 58 heavy (non-hydrogen) atoms. The standard InChI is InChI=1S/C56H39NO/c1-3-15-39(16-4-1)49-30-29-48(37-51(49)40-17-5-2-6-18-40)57(47-23-13-22-42(33-47)45-27-26-38-14-7-8-19-41(38)32-45)54-25-12-11-24-50(54)46-28-31-55-52(35-46)53-34-43-20-9-10-21-44(43)36-56(53)58-55/h1-33,35-37,43H,34H2. The number of hydrogen-bond donors (Lipinski definition) is 0. The van der Waals surface area contributed by atoms with Gasteiger partial charge in [-0.15, -0.1) is 0 Å². The maximum atomic E-state index is 6.49. The van der Waals surface area contributed by atoms with Gasteiger partial charge in [0.15, 0.2) is 0 Å². The molecule has 2 heteroatoms. The fourth-order valence-corrected chi connectivity index (χ4v) is 8.90. The van der Waals surface area contributed by atoms with E-state index in [4.69, 9.17) is 4.42 Å². The Labute approximate surface area is 339 Å². The molecule has 274 valence electrons. The van der Waals surface area contributed by atoms with Crippen molar-refractivity contribution < 1.29 is 4.42 Å². The Morgan fingerprint density at radius 3 is 2.03 bits per heavy atom. The highest BCUT2D eigenvalue weighted by molar-refractivity contribution is 5.96. The molecule has 8 aromatic carbocycles. The van der Waals surface area contributed by atoms with Crippen molar-refractivity contribution in [2.24, 2.45) is 5.92 Å². The van der Waals surface area contributed by atoms with Gasteiger partial charge in [-0.1, -0.05) is 164 Å². The molecule has 0 saturated carbocycles. The number of rotatable bonds is 7. The molecule has 11 rings (SSSR count). The molecular weight excluding hydrogens is 703 g/mol. The second kappa shape index (κ2) is 14.3. The number of allylic oxidation sites excluding steroid dienone is 5. The molecule has 1 unspecified atom stereocenters. The van der Waals surface area contributed by atoms with Gasteiger partial charge in [0.1, 0.15) is 11.3 Å². The van der Waals surface area contributed by atoms with Crippen LogP contribution in [0.25, 0.3) is 72.3 Å². The van der Waals surface area contributed by atoms with Crippen LogP contribution in [0.3, 0.4) is 0 Å². The molecule has 9 aromatic rings. The number of fused-ring (bicyclic) bond motifs is 5. The number of para-hydroxylation sites is 1. The third-order valence-corrected chi connectivity index (χ3v) is 11.8. The maximum absolute atomic E-state index is 6.49. The van der Waals surface area contributed by atoms with Gasteiger partial charge in [0.2, 0.25) is 0 Å². The van der Waals surface area contributed by atoms with Crippen LogP contribution in [0.5, 0.6) is 0 Å². The van der Waals surface area contributed by atoms with Gasteiger partial charge >= 0.3 is 0 Å². The molecule has 0 fully saturated rings. The highest BCUT2D eigenvalue weighted by Crippen LogP contribution is 2.46. The van der Waals surface area contributed by atoms with Crippen LogP contribution in [0, 0.1) is 5.92 Å². The largest absolute Gasteiger partial charge is 0.456 e. The van der Waals surface area contributed by atoms with Crippen molar-refractivity contribution in [2.75, 3.05) is 4.90 Å². The number of furan rings is 1. The van der Waals surface area contributed by atoms with Crippen LogP contribution in [0.1, 0.15) is 11.3 Å². The molecule has 2 aliphatic carbocycles. The van der Waals surface area contributed by atoms with E-state index >= 15 is 0 Å². The topological polar surface area (TPSA) is 16.4 Å². The van der Waals surface area contributed by atoms with Crippen molar-refractivity contribution in [3.8, 4) is 44.5 Å². The van der Waals surface area contributed by atoms with Crippen LogP contribution >= 0.6 is 0 Å². The SMILES string of the molecule is C1=CC2=Cc3oc4ccc(-c5ccccc5N(c5cccc(-c6ccc7ccccc7c6)c5)c5ccc(-c6ccccc6)c(-c6ccccc6)c5)cc4c3CC2C=C1. The molecule has 1 heterocycles. The van der Waals surface area contributed by atoms with Crippen LogP contribution in [0.2, 0.25) is 0 Å². The zero-order valence-corrected chi connectivity index (χ0v) is 31.9. The summed E-state index contributed by atoms with van der Waals surface area (Å²) in [6, 6.07) is 68.2. The van der Waals surface area contributed by atoms with Crippen LogP contribution in [0.15, 0.2) is 222 Å². The minimum absolute atomic E-state index is 0.372. The highest BCUT2D eigenvalue weighted by atomic mass is 16.3. The monoisotopic (exact) mass is 741 g/mol. The summed E-state index contributed by atoms with van der Waals surface area (Å²) in [5.74, 6) is 1.35. The van der Waals surface area contributed by atoms with E-state index in [1.165, 1.54) is 60.7 Å². The Kier molecular flexibility index (Phi) is 8.33. The van der Waals surface area contributed by atoms with Gasteiger partial charge in [-0.3, -0.25) is 0 Å². The van der Waals surface area contributed by atoms with Crippen LogP contribution in [-0.4, -0.2) is 0 Å². The van der Waals surface area contributed by atoms with Crippen molar-refractivity contribution in [3.63, 3.8) is 0 Å². The van der Waals surface area contributed by atoms with Crippen molar-refractivity contribution in [2.45, 2.75) is 6.42 Å². The lowest BCUT2D eigenvalue weighted by atomic mass is 9.83. The Balaban J connectivity index is 1.10. The second-order valence-corrected chi connectivity index (χ2v) is 15.3. The third kappa shape index (κ3) is 6.07. The van der Waals surface area contributed by atoms with Gasteiger partial charge in [0.25, 0.3) is 0 Å². The Morgan fingerprint density at radius 2 is 1.17 bits per heavy atom. The first kappa shape index (κ1) is 33.9. The smallest absolute Gasteiger partial charge is 0.135 e. The third-order valence-electron chi connectivity index (χ3n) is 11.8. The Hall–Kier alpha value is -7.42. The van der Waals surface area contributed by atoms with E-state index in [-0.39, 0.29) is 0 Å². The normalized spacial score (nSPS) is 14.3. The molecule has 0 radical (unpaired) electrons. The predicted octanol–water partition coefficient (Wildman–Crippen LogP) is 15.4. The van der Waals surface area contributed by atoms with Gasteiger partial charge in [0, 0.05) is 33.8 Å². The molecule has 0 aliphatic heterocycles. The lowest BCUT2D eigenvalue weighted by Gasteiger charge is -2.29. The van der Waals surface area contributed by atoms with Crippen molar-refractivity contribution in [1.29, 1.82) is 0 Å².